The van der Waals surface area contributed by atoms with Crippen LogP contribution in [0.25, 0.3) is 0 Å². The maximum absolute atomic E-state index is 13.2. The highest BCUT2D eigenvalue weighted by Gasteiger charge is 2.59. The van der Waals surface area contributed by atoms with Crippen molar-refractivity contribution in [2.24, 2.45) is 35.5 Å². The summed E-state index contributed by atoms with van der Waals surface area (Å²) in [5.41, 5.74) is 22.8. The Hall–Kier alpha value is -11.5. The number of nitrogens with zero attached hydrogens (tertiary/aromatic N) is 11. The third-order valence-electron chi connectivity index (χ3n) is 23.5. The van der Waals surface area contributed by atoms with Gasteiger partial charge in [-0.1, -0.05) is 130 Å². The van der Waals surface area contributed by atoms with Gasteiger partial charge in [-0.05, 0) is 186 Å². The monoisotopic (exact) mass is 1600 g/mol. The molecule has 6 aromatic rings. The highest BCUT2D eigenvalue weighted by molar-refractivity contribution is 6.30. The fraction of sp³-hybridized carbons (Fsp3) is 0.459. The maximum atomic E-state index is 13.2. The van der Waals surface area contributed by atoms with Crippen molar-refractivity contribution in [2.75, 3.05) is 52.0 Å². The number of aliphatic carboxylic acids is 3. The number of pyridine rings is 3. The molecule has 614 valence electrons. The number of hydrogen-bond acceptors (Lipinski definition) is 18. The number of ether oxygens (including phenoxy) is 1. The number of halogens is 1. The molecule has 12 atom stereocenters. The van der Waals surface area contributed by atoms with Crippen molar-refractivity contribution in [1.82, 2.24) is 54.2 Å². The number of esters is 1. The number of β-lactam (4-membered cyclic amide) rings is 3. The van der Waals surface area contributed by atoms with E-state index in [9.17, 15) is 68.1 Å². The molecular formula is C85H107ClN14O15. The number of imide groups is 3. The van der Waals surface area contributed by atoms with Gasteiger partial charge in [0.25, 0.3) is 0 Å². The minimum absolute atomic E-state index is 0.00694. The van der Waals surface area contributed by atoms with Crippen molar-refractivity contribution in [3.63, 3.8) is 0 Å². The lowest BCUT2D eigenvalue weighted by atomic mass is 9.80. The predicted molar refractivity (Wildman–Crippen MR) is 431 cm³/mol. The number of aryl methyl sites for hydroxylation is 1. The standard InChI is InChI=1S/C22H23ClN2O4.C22H32N4O4.C21H30N4O3.C20H22N4O4/c1-14(16-8-4-3-5-9-16)24(2)22(29)25-19(21(27)28)18(20(25)26)12-11-15-7-6-10-17(23)13-15;1-4-30-21(28)19-17(12-15-10-11-24-18(23)13-15)20(27)26(19)22(29)25(3)14(2)16-8-6-5-7-9-16;1-13(16-7-5-4-6-8-16)24(3)21(28)25-14(2)17(19(25)20(26)27)11-15-9-10-23-18(22)12-15;1-12(14-6-4-3-5-7-14)23(2)20(28)24-17(19(26)27)15(18(24)25)10-13-8-9-22-16(21)11-13/h3-10,13-14,18-19H,11-12H2,1-2H3,(H,27,28);10-11,13-14,16-17,19H,4-9,12H2,1-3H3,(H2,23,24);9-10,12-13,16-17,19H,2,4-8,11H2,1,3H3,(H2,22,23)(H,26,27);3-9,11-12,15,17H,10H2,1-2H3,(H2,21,22)(H,26,27)/t14-,18-,19+;14-,17-,19+;13-,17+,19+;12-,15-,17+/m1111/s1. The molecule has 4 aliphatic heterocycles. The van der Waals surface area contributed by atoms with Gasteiger partial charge in [-0.15, -0.1) is 0 Å². The van der Waals surface area contributed by atoms with Gasteiger partial charge in [-0.25, -0.2) is 68.0 Å². The van der Waals surface area contributed by atoms with Crippen LogP contribution >= 0.6 is 11.6 Å². The van der Waals surface area contributed by atoms with Crippen LogP contribution in [0, 0.1) is 35.5 Å². The molecule has 4 saturated heterocycles. The Balaban J connectivity index is 0.000000175. The van der Waals surface area contributed by atoms with Crippen molar-refractivity contribution < 1.29 is 72.8 Å². The van der Waals surface area contributed by atoms with Gasteiger partial charge in [0, 0.05) is 75.5 Å². The highest BCUT2D eigenvalue weighted by atomic mass is 35.5. The summed E-state index contributed by atoms with van der Waals surface area (Å²) in [5, 5.41) is 29.6. The van der Waals surface area contributed by atoms with Crippen molar-refractivity contribution in [3.05, 3.63) is 191 Å². The number of hydrogen-bond donors (Lipinski definition) is 6. The fourth-order valence-corrected chi connectivity index (χ4v) is 16.4. The molecule has 3 aromatic heterocycles. The Morgan fingerprint density at radius 2 is 0.826 bits per heavy atom. The molecular weight excluding hydrogens is 1490 g/mol. The largest absolute Gasteiger partial charge is 0.480 e. The van der Waals surface area contributed by atoms with Gasteiger partial charge in [0.1, 0.15) is 23.5 Å². The van der Waals surface area contributed by atoms with Crippen molar-refractivity contribution in [1.29, 1.82) is 0 Å². The minimum atomic E-state index is -1.21. The van der Waals surface area contributed by atoms with Crippen LogP contribution in [-0.2, 0) is 64.0 Å². The van der Waals surface area contributed by atoms with Crippen LogP contribution in [0.4, 0.5) is 36.6 Å². The summed E-state index contributed by atoms with van der Waals surface area (Å²) in [6.07, 6.45) is 18.1. The SMILES string of the molecule is C=C1[C@H](Cc2ccnc(N)c2)[C@@H](C(=O)O)N1C(=O)N(C)[C@H](C)C1CCCCC1.CCOC(=O)[C@@H]1[C@@H](Cc2ccnc(N)c2)C(=O)N1C(=O)N(C)[C@H](C)C1CCCCC1.C[C@H](c1ccccc1)N(C)C(=O)N1C(=O)[C@H](CCc2cccc(Cl)c2)[C@H]1C(=O)O.C[C@H](c1ccccc1)N(C)C(=O)N1C(=O)[C@H](Cc2ccnc(N)c2)[C@H]1C(=O)O. The molecule has 6 aliphatic rings. The third-order valence-corrected chi connectivity index (χ3v) is 23.7. The molecule has 7 heterocycles. The molecule has 0 spiro atoms. The molecule has 3 aromatic carbocycles. The second-order valence-corrected chi connectivity index (χ2v) is 31.0. The van der Waals surface area contributed by atoms with Crippen molar-refractivity contribution in [3.8, 4) is 0 Å². The zero-order valence-electron chi connectivity index (χ0n) is 66.7. The third kappa shape index (κ3) is 20.5. The summed E-state index contributed by atoms with van der Waals surface area (Å²) in [4.78, 5) is 160. The van der Waals surface area contributed by atoms with E-state index in [1.165, 1.54) is 59.4 Å². The van der Waals surface area contributed by atoms with Gasteiger partial charge in [0.2, 0.25) is 17.7 Å². The molecule has 11 amide bonds. The molecule has 9 N–H and O–H groups in total. The van der Waals surface area contributed by atoms with Crippen LogP contribution in [0.1, 0.15) is 151 Å². The number of urea groups is 4. The van der Waals surface area contributed by atoms with E-state index in [0.29, 0.717) is 71.3 Å². The Morgan fingerprint density at radius 1 is 0.470 bits per heavy atom. The number of aromatic nitrogens is 3. The van der Waals surface area contributed by atoms with Crippen LogP contribution in [0.2, 0.25) is 5.02 Å². The molecule has 30 heteroatoms. The van der Waals surface area contributed by atoms with E-state index < -0.39 is 95.7 Å². The van der Waals surface area contributed by atoms with E-state index in [0.717, 1.165) is 68.2 Å². The normalized spacial score (nSPS) is 21.4. The second kappa shape index (κ2) is 39.5. The first-order valence-corrected chi connectivity index (χ1v) is 39.5. The number of amides is 11. The Kier molecular flexibility index (Phi) is 30.1. The lowest BCUT2D eigenvalue weighted by Crippen LogP contribution is -2.69. The molecule has 115 heavy (non-hydrogen) atoms. The smallest absolute Gasteiger partial charge is 0.330 e. The summed E-state index contributed by atoms with van der Waals surface area (Å²) in [6.45, 7) is 13.7. The molecule has 0 unspecified atom stereocenters. The summed E-state index contributed by atoms with van der Waals surface area (Å²) in [5.74, 6) is -5.83. The van der Waals surface area contributed by atoms with Gasteiger partial charge in [0.15, 0.2) is 18.1 Å². The average molecular weight is 1600 g/mol. The summed E-state index contributed by atoms with van der Waals surface area (Å²) < 4.78 is 5.18. The minimum Gasteiger partial charge on any atom is -0.480 e. The molecule has 0 radical (unpaired) electrons. The summed E-state index contributed by atoms with van der Waals surface area (Å²) in [7, 11) is 6.62. The van der Waals surface area contributed by atoms with Crippen LogP contribution in [0.3, 0.4) is 0 Å². The molecule has 0 bridgehead atoms. The summed E-state index contributed by atoms with van der Waals surface area (Å²) in [6, 6.07) is 29.5. The molecule has 2 aliphatic carbocycles. The number of carboxylic acids is 3. The quantitative estimate of drug-likeness (QED) is 0.0271. The Morgan fingerprint density at radius 3 is 1.22 bits per heavy atom. The number of likely N-dealkylation sites (tertiary alicyclic amines) is 4. The Labute approximate surface area is 675 Å². The number of anilines is 3. The fourth-order valence-electron chi connectivity index (χ4n) is 16.2. The predicted octanol–water partition coefficient (Wildman–Crippen LogP) is 11.7. The molecule has 6 fully saturated rings. The van der Waals surface area contributed by atoms with E-state index in [1.54, 1.807) is 99.8 Å². The van der Waals surface area contributed by atoms with Crippen molar-refractivity contribution in [2.45, 2.75) is 179 Å². The van der Waals surface area contributed by atoms with Gasteiger partial charge < -0.3 is 56.9 Å². The zero-order chi connectivity index (χ0) is 83.8. The first-order chi connectivity index (χ1) is 54.8. The Bertz CT molecular complexity index is 4490. The molecule has 12 rings (SSSR count). The number of carbonyl (C=O) groups is 11. The van der Waals surface area contributed by atoms with Crippen LogP contribution < -0.4 is 17.2 Å². The van der Waals surface area contributed by atoms with E-state index in [-0.39, 0.29) is 55.1 Å². The number of carboxylic acid groups (broad SMARTS) is 3. The van der Waals surface area contributed by atoms with E-state index >= 15 is 0 Å². The molecule has 29 nitrogen and oxygen atoms in total. The van der Waals surface area contributed by atoms with Gasteiger partial charge in [-0.3, -0.25) is 19.3 Å². The lowest BCUT2D eigenvalue weighted by molar-refractivity contribution is -0.170. The number of nitrogens with two attached hydrogens (primary N) is 3. The average Bonchev–Trinajstić information content (AvgIpc) is 0.756. The van der Waals surface area contributed by atoms with Gasteiger partial charge in [-0.2, -0.15) is 0 Å². The van der Waals surface area contributed by atoms with E-state index in [2.05, 4.69) is 28.5 Å². The van der Waals surface area contributed by atoms with Crippen molar-refractivity contribution >= 4 is 94.8 Å². The van der Waals surface area contributed by atoms with Crippen LogP contribution in [0.15, 0.2) is 152 Å². The topological polar surface area (TPSA) is 400 Å². The molecule has 2 saturated carbocycles. The van der Waals surface area contributed by atoms with E-state index in [4.69, 9.17) is 33.5 Å². The zero-order valence-corrected chi connectivity index (χ0v) is 67.4. The maximum Gasteiger partial charge on any atom is 0.330 e. The second-order valence-electron chi connectivity index (χ2n) is 30.5. The summed E-state index contributed by atoms with van der Waals surface area (Å²) >= 11 is 5.98. The number of benzene rings is 3. The van der Waals surface area contributed by atoms with E-state index in [1.807, 2.05) is 99.6 Å². The highest BCUT2D eigenvalue weighted by Crippen LogP contribution is 2.42. The number of rotatable bonds is 22. The van der Waals surface area contributed by atoms with Crippen LogP contribution in [-0.4, -0.2) is 206 Å². The number of carbonyl (C=O) groups excluding carboxylic acids is 8. The first-order valence-electron chi connectivity index (χ1n) is 39.1. The van der Waals surface area contributed by atoms with Gasteiger partial charge >= 0.3 is 48.0 Å². The number of nitrogen functional groups attached to an aromatic ring is 3. The van der Waals surface area contributed by atoms with Gasteiger partial charge in [0.05, 0.1) is 36.4 Å². The lowest BCUT2D eigenvalue weighted by Gasteiger charge is -2.50. The first kappa shape index (κ1) is 87.5. The van der Waals surface area contributed by atoms with Crippen LogP contribution in [0.5, 0.6) is 0 Å².